The van der Waals surface area contributed by atoms with Gasteiger partial charge in [0, 0.05) is 5.69 Å². The van der Waals surface area contributed by atoms with Crippen LogP contribution in [0.25, 0.3) is 11.1 Å². The quantitative estimate of drug-likeness (QED) is 0.737. The van der Waals surface area contributed by atoms with E-state index in [4.69, 9.17) is 4.74 Å². The highest BCUT2D eigenvalue weighted by atomic mass is 16.5. The van der Waals surface area contributed by atoms with E-state index in [1.165, 1.54) is 0 Å². The van der Waals surface area contributed by atoms with Crippen LogP contribution in [0.5, 0.6) is 5.75 Å². The second kappa shape index (κ2) is 7.47. The first-order valence-electron chi connectivity index (χ1n) is 7.90. The first kappa shape index (κ1) is 15.8. The molecule has 3 aromatic rings. The third kappa shape index (κ3) is 4.02. The third-order valence-electron chi connectivity index (χ3n) is 3.68. The van der Waals surface area contributed by atoms with Crippen LogP contribution in [0.4, 0.5) is 5.69 Å². The third-order valence-corrected chi connectivity index (χ3v) is 3.68. The topological polar surface area (TPSA) is 38.3 Å². The smallest absolute Gasteiger partial charge is 0.265 e. The molecule has 3 rings (SSSR count). The van der Waals surface area contributed by atoms with Gasteiger partial charge in [-0.25, -0.2) is 0 Å². The predicted octanol–water partition coefficient (Wildman–Crippen LogP) is 4.76. The van der Waals surface area contributed by atoms with Gasteiger partial charge in [-0.05, 0) is 42.3 Å². The lowest BCUT2D eigenvalue weighted by atomic mass is 10.1. The van der Waals surface area contributed by atoms with E-state index in [1.807, 2.05) is 72.8 Å². The molecule has 3 aromatic carbocycles. The van der Waals surface area contributed by atoms with E-state index in [0.29, 0.717) is 5.75 Å². The predicted molar refractivity (Wildman–Crippen MR) is 97.0 cm³/mol. The number of ether oxygens (including phenoxy) is 1. The molecule has 0 radical (unpaired) electrons. The normalized spacial score (nSPS) is 11.5. The molecule has 0 heterocycles. The molecule has 3 heteroatoms. The van der Waals surface area contributed by atoms with Crippen LogP contribution < -0.4 is 10.1 Å². The molecule has 120 valence electrons. The Balaban J connectivity index is 1.62. The molecule has 0 saturated heterocycles. The first-order valence-corrected chi connectivity index (χ1v) is 7.90. The van der Waals surface area contributed by atoms with E-state index in [-0.39, 0.29) is 5.91 Å². The number of hydrogen-bond donors (Lipinski definition) is 1. The lowest BCUT2D eigenvalue weighted by Gasteiger charge is -2.15. The van der Waals surface area contributed by atoms with Crippen LogP contribution in [0.3, 0.4) is 0 Å². The SMILES string of the molecule is C[C@H](Oc1ccc(-c2ccccc2)cc1)C(=O)Nc1ccccc1. The fourth-order valence-corrected chi connectivity index (χ4v) is 2.38. The molecular weight excluding hydrogens is 298 g/mol. The van der Waals surface area contributed by atoms with Gasteiger partial charge in [-0.2, -0.15) is 0 Å². The van der Waals surface area contributed by atoms with Crippen molar-refractivity contribution in [2.24, 2.45) is 0 Å². The van der Waals surface area contributed by atoms with Crippen molar-refractivity contribution in [3.8, 4) is 16.9 Å². The summed E-state index contributed by atoms with van der Waals surface area (Å²) in [6.45, 7) is 1.74. The molecule has 0 spiro atoms. The minimum Gasteiger partial charge on any atom is -0.481 e. The van der Waals surface area contributed by atoms with Gasteiger partial charge in [0.2, 0.25) is 0 Å². The maximum absolute atomic E-state index is 12.2. The fourth-order valence-electron chi connectivity index (χ4n) is 2.38. The largest absolute Gasteiger partial charge is 0.481 e. The molecule has 1 atom stereocenters. The summed E-state index contributed by atoms with van der Waals surface area (Å²) in [6, 6.07) is 27.2. The van der Waals surface area contributed by atoms with Gasteiger partial charge in [0.15, 0.2) is 6.10 Å². The standard InChI is InChI=1S/C21H19NO2/c1-16(21(23)22-19-10-6-3-7-11-19)24-20-14-12-18(13-15-20)17-8-4-2-5-9-17/h2-16H,1H3,(H,22,23)/t16-/m0/s1. The maximum Gasteiger partial charge on any atom is 0.265 e. The number of carbonyl (C=O) groups is 1. The summed E-state index contributed by atoms with van der Waals surface area (Å²) in [7, 11) is 0. The zero-order chi connectivity index (χ0) is 16.8. The summed E-state index contributed by atoms with van der Waals surface area (Å²) >= 11 is 0. The molecule has 0 unspecified atom stereocenters. The van der Waals surface area contributed by atoms with E-state index in [1.54, 1.807) is 6.92 Å². The zero-order valence-electron chi connectivity index (χ0n) is 13.5. The van der Waals surface area contributed by atoms with Gasteiger partial charge in [-0.3, -0.25) is 4.79 Å². The Morgan fingerprint density at radius 3 is 1.96 bits per heavy atom. The van der Waals surface area contributed by atoms with Crippen LogP contribution in [0.15, 0.2) is 84.9 Å². The summed E-state index contributed by atoms with van der Waals surface area (Å²) < 4.78 is 5.73. The molecule has 1 N–H and O–H groups in total. The average molecular weight is 317 g/mol. The number of anilines is 1. The Morgan fingerprint density at radius 2 is 1.33 bits per heavy atom. The van der Waals surface area contributed by atoms with Crippen molar-refractivity contribution in [1.82, 2.24) is 0 Å². The van der Waals surface area contributed by atoms with Gasteiger partial charge in [0.05, 0.1) is 0 Å². The van der Waals surface area contributed by atoms with E-state index < -0.39 is 6.10 Å². The van der Waals surface area contributed by atoms with Crippen molar-refractivity contribution in [3.63, 3.8) is 0 Å². The minimum atomic E-state index is -0.576. The highest BCUT2D eigenvalue weighted by molar-refractivity contribution is 5.94. The van der Waals surface area contributed by atoms with E-state index >= 15 is 0 Å². The van der Waals surface area contributed by atoms with E-state index in [9.17, 15) is 4.79 Å². The summed E-state index contributed by atoms with van der Waals surface area (Å²) in [6.07, 6.45) is -0.576. The van der Waals surface area contributed by atoms with Crippen molar-refractivity contribution < 1.29 is 9.53 Å². The lowest BCUT2D eigenvalue weighted by Crippen LogP contribution is -2.30. The Bertz CT molecular complexity index is 783. The Hall–Kier alpha value is -3.07. The molecule has 0 saturated carbocycles. The molecule has 0 aliphatic rings. The fraction of sp³-hybridized carbons (Fsp3) is 0.0952. The summed E-state index contributed by atoms with van der Waals surface area (Å²) in [5, 5.41) is 2.84. The van der Waals surface area contributed by atoms with Crippen molar-refractivity contribution in [2.75, 3.05) is 5.32 Å². The number of hydrogen-bond acceptors (Lipinski definition) is 2. The lowest BCUT2D eigenvalue weighted by molar-refractivity contribution is -0.122. The summed E-state index contributed by atoms with van der Waals surface area (Å²) in [5.41, 5.74) is 3.03. The highest BCUT2D eigenvalue weighted by Gasteiger charge is 2.14. The van der Waals surface area contributed by atoms with Crippen LogP contribution in [0, 0.1) is 0 Å². The Kier molecular flexibility index (Phi) is 4.92. The van der Waals surface area contributed by atoms with Gasteiger partial charge < -0.3 is 10.1 Å². The number of para-hydroxylation sites is 1. The number of benzene rings is 3. The molecule has 0 bridgehead atoms. The summed E-state index contributed by atoms with van der Waals surface area (Å²) in [4.78, 5) is 12.2. The van der Waals surface area contributed by atoms with Crippen LogP contribution >= 0.6 is 0 Å². The highest BCUT2D eigenvalue weighted by Crippen LogP contribution is 2.22. The van der Waals surface area contributed by atoms with Crippen molar-refractivity contribution in [1.29, 1.82) is 0 Å². The van der Waals surface area contributed by atoms with Gasteiger partial charge in [-0.1, -0.05) is 60.7 Å². The van der Waals surface area contributed by atoms with E-state index in [0.717, 1.165) is 16.8 Å². The van der Waals surface area contributed by atoms with Gasteiger partial charge in [0.25, 0.3) is 5.91 Å². The Labute approximate surface area is 141 Å². The van der Waals surface area contributed by atoms with Crippen molar-refractivity contribution in [3.05, 3.63) is 84.9 Å². The Morgan fingerprint density at radius 1 is 0.792 bits per heavy atom. The van der Waals surface area contributed by atoms with Crippen molar-refractivity contribution in [2.45, 2.75) is 13.0 Å². The second-order valence-corrected chi connectivity index (χ2v) is 5.51. The van der Waals surface area contributed by atoms with E-state index in [2.05, 4.69) is 17.4 Å². The second-order valence-electron chi connectivity index (χ2n) is 5.51. The number of nitrogens with one attached hydrogen (secondary N) is 1. The van der Waals surface area contributed by atoms with Crippen LogP contribution in [0.1, 0.15) is 6.92 Å². The molecule has 0 aromatic heterocycles. The average Bonchev–Trinajstić information content (AvgIpc) is 2.64. The van der Waals surface area contributed by atoms with Gasteiger partial charge in [0.1, 0.15) is 5.75 Å². The molecule has 0 aliphatic heterocycles. The molecule has 1 amide bonds. The van der Waals surface area contributed by atoms with Crippen LogP contribution in [-0.4, -0.2) is 12.0 Å². The molecule has 0 aliphatic carbocycles. The molecular formula is C21H19NO2. The van der Waals surface area contributed by atoms with Crippen LogP contribution in [0.2, 0.25) is 0 Å². The molecule has 24 heavy (non-hydrogen) atoms. The monoisotopic (exact) mass is 317 g/mol. The van der Waals surface area contributed by atoms with Crippen LogP contribution in [-0.2, 0) is 4.79 Å². The number of amides is 1. The molecule has 3 nitrogen and oxygen atoms in total. The zero-order valence-corrected chi connectivity index (χ0v) is 13.5. The summed E-state index contributed by atoms with van der Waals surface area (Å²) in [5.74, 6) is 0.499. The number of rotatable bonds is 5. The maximum atomic E-state index is 12.2. The van der Waals surface area contributed by atoms with Gasteiger partial charge >= 0.3 is 0 Å². The minimum absolute atomic E-state index is 0.173. The van der Waals surface area contributed by atoms with Gasteiger partial charge in [-0.15, -0.1) is 0 Å². The number of carbonyl (C=O) groups excluding carboxylic acids is 1. The first-order chi connectivity index (χ1) is 11.7. The van der Waals surface area contributed by atoms with Crippen molar-refractivity contribution >= 4 is 11.6 Å². The molecule has 0 fully saturated rings.